The van der Waals surface area contributed by atoms with Gasteiger partial charge in [-0.1, -0.05) is 0 Å². The number of rotatable bonds is 1. The van der Waals surface area contributed by atoms with E-state index >= 15 is 0 Å². The molecule has 6 nitrogen and oxygen atoms in total. The van der Waals surface area contributed by atoms with Gasteiger partial charge in [-0.2, -0.15) is 0 Å². The number of hydrogen-bond acceptors (Lipinski definition) is 5. The Morgan fingerprint density at radius 2 is 2.07 bits per heavy atom. The van der Waals surface area contributed by atoms with Crippen LogP contribution in [0.15, 0.2) is 33.5 Å². The fraction of sp³-hybridized carbons (Fsp3) is 0. The summed E-state index contributed by atoms with van der Waals surface area (Å²) in [6.07, 6.45) is 0. The van der Waals surface area contributed by atoms with E-state index in [9.17, 15) is 14.9 Å². The summed E-state index contributed by atoms with van der Waals surface area (Å²) < 4.78 is 4.82. The summed E-state index contributed by atoms with van der Waals surface area (Å²) in [6, 6.07) is 4.97. The van der Waals surface area contributed by atoms with E-state index in [0.717, 1.165) is 6.07 Å². The van der Waals surface area contributed by atoms with E-state index in [4.69, 9.17) is 10.2 Å². The molecule has 15 heavy (non-hydrogen) atoms. The fourth-order valence-corrected chi connectivity index (χ4v) is 1.29. The van der Waals surface area contributed by atoms with E-state index in [0.29, 0.717) is 5.39 Å². The molecule has 0 saturated heterocycles. The Bertz CT molecular complexity index is 603. The number of anilines is 1. The van der Waals surface area contributed by atoms with Gasteiger partial charge in [-0.25, -0.2) is 4.79 Å². The van der Waals surface area contributed by atoms with Crippen molar-refractivity contribution in [2.45, 2.75) is 0 Å². The molecule has 1 aromatic heterocycles. The monoisotopic (exact) mass is 206 g/mol. The topological polar surface area (TPSA) is 99.4 Å². The average molecular weight is 206 g/mol. The predicted molar refractivity (Wildman–Crippen MR) is 53.6 cm³/mol. The number of nitrogens with two attached hydrogens (primary N) is 1. The highest BCUT2D eigenvalue weighted by atomic mass is 16.6. The number of nitro groups is 1. The second-order valence-corrected chi connectivity index (χ2v) is 2.96. The summed E-state index contributed by atoms with van der Waals surface area (Å²) in [7, 11) is 0. The number of nitrogen functional groups attached to an aromatic ring is 1. The van der Waals surface area contributed by atoms with Gasteiger partial charge in [-0.05, 0) is 6.07 Å². The van der Waals surface area contributed by atoms with Crippen LogP contribution in [0.4, 0.5) is 11.4 Å². The minimum absolute atomic E-state index is 0.0944. The molecule has 2 N–H and O–H groups in total. The van der Waals surface area contributed by atoms with E-state index in [-0.39, 0.29) is 17.0 Å². The van der Waals surface area contributed by atoms with Crippen molar-refractivity contribution in [3.63, 3.8) is 0 Å². The Morgan fingerprint density at radius 1 is 1.33 bits per heavy atom. The molecule has 0 unspecified atom stereocenters. The molecule has 0 bridgehead atoms. The van der Waals surface area contributed by atoms with Crippen LogP contribution in [-0.4, -0.2) is 4.92 Å². The third-order valence-electron chi connectivity index (χ3n) is 1.97. The first-order chi connectivity index (χ1) is 7.08. The van der Waals surface area contributed by atoms with Gasteiger partial charge in [-0.15, -0.1) is 0 Å². The van der Waals surface area contributed by atoms with Crippen molar-refractivity contribution >= 4 is 22.3 Å². The molecule has 1 heterocycles. The zero-order valence-corrected chi connectivity index (χ0v) is 7.47. The van der Waals surface area contributed by atoms with Crippen LogP contribution in [0, 0.1) is 10.1 Å². The molecule has 0 saturated carbocycles. The summed E-state index contributed by atoms with van der Waals surface area (Å²) in [4.78, 5) is 20.9. The first-order valence-electron chi connectivity index (χ1n) is 4.06. The Labute approximate surface area is 83.1 Å². The van der Waals surface area contributed by atoms with Gasteiger partial charge >= 0.3 is 5.63 Å². The van der Waals surface area contributed by atoms with E-state index in [1.54, 1.807) is 0 Å². The van der Waals surface area contributed by atoms with Crippen molar-refractivity contribution in [1.82, 2.24) is 0 Å². The van der Waals surface area contributed by atoms with E-state index < -0.39 is 10.5 Å². The number of hydrogen-bond donors (Lipinski definition) is 1. The lowest BCUT2D eigenvalue weighted by atomic mass is 10.2. The fourth-order valence-electron chi connectivity index (χ4n) is 1.29. The van der Waals surface area contributed by atoms with Crippen LogP contribution in [0.2, 0.25) is 0 Å². The van der Waals surface area contributed by atoms with Crippen LogP contribution in [-0.2, 0) is 0 Å². The molecule has 2 rings (SSSR count). The Hall–Kier alpha value is -2.37. The number of nitrogens with zero attached hydrogens (tertiary/aromatic N) is 1. The van der Waals surface area contributed by atoms with Crippen molar-refractivity contribution < 1.29 is 9.34 Å². The molecular weight excluding hydrogens is 200 g/mol. The van der Waals surface area contributed by atoms with Gasteiger partial charge in [0.2, 0.25) is 0 Å². The normalized spacial score (nSPS) is 10.4. The average Bonchev–Trinajstić information content (AvgIpc) is 2.16. The van der Waals surface area contributed by atoms with Crippen molar-refractivity contribution in [2.75, 3.05) is 5.73 Å². The first kappa shape index (κ1) is 9.20. The van der Waals surface area contributed by atoms with Crippen LogP contribution in [0.25, 0.3) is 11.0 Å². The summed E-state index contributed by atoms with van der Waals surface area (Å²) in [6.45, 7) is 0. The lowest BCUT2D eigenvalue weighted by Gasteiger charge is -1.99. The smallest absolute Gasteiger partial charge is 0.338 e. The maximum Gasteiger partial charge on any atom is 0.338 e. The lowest BCUT2D eigenvalue weighted by molar-refractivity contribution is -0.384. The molecule has 0 aliphatic heterocycles. The zero-order chi connectivity index (χ0) is 11.0. The van der Waals surface area contributed by atoms with Crippen LogP contribution in [0.3, 0.4) is 0 Å². The van der Waals surface area contributed by atoms with Gasteiger partial charge in [0.25, 0.3) is 5.69 Å². The number of nitro benzene ring substituents is 1. The molecule has 0 aliphatic rings. The van der Waals surface area contributed by atoms with Crippen LogP contribution in [0.1, 0.15) is 0 Å². The van der Waals surface area contributed by atoms with E-state index in [1.807, 2.05) is 0 Å². The molecule has 6 heteroatoms. The third kappa shape index (κ3) is 1.52. The molecule has 1 aromatic carbocycles. The van der Waals surface area contributed by atoms with Gasteiger partial charge < -0.3 is 10.2 Å². The minimum Gasteiger partial charge on any atom is -0.423 e. The van der Waals surface area contributed by atoms with Gasteiger partial charge in [-0.3, -0.25) is 10.1 Å². The highest BCUT2D eigenvalue weighted by Gasteiger charge is 2.09. The molecule has 76 valence electrons. The maximum atomic E-state index is 10.9. The van der Waals surface area contributed by atoms with E-state index in [1.165, 1.54) is 18.2 Å². The zero-order valence-electron chi connectivity index (χ0n) is 7.47. The van der Waals surface area contributed by atoms with E-state index in [2.05, 4.69) is 0 Å². The summed E-state index contributed by atoms with van der Waals surface area (Å²) in [5, 5.41) is 10.9. The van der Waals surface area contributed by atoms with Crippen molar-refractivity contribution in [1.29, 1.82) is 0 Å². The van der Waals surface area contributed by atoms with Gasteiger partial charge in [0.1, 0.15) is 5.58 Å². The van der Waals surface area contributed by atoms with Crippen molar-refractivity contribution in [3.05, 3.63) is 44.8 Å². The Morgan fingerprint density at radius 3 is 2.73 bits per heavy atom. The lowest BCUT2D eigenvalue weighted by Crippen LogP contribution is -2.00. The molecule has 0 spiro atoms. The highest BCUT2D eigenvalue weighted by Crippen LogP contribution is 2.23. The summed E-state index contributed by atoms with van der Waals surface area (Å²) in [5.41, 5.74) is 5.29. The Balaban J connectivity index is 2.82. The largest absolute Gasteiger partial charge is 0.423 e. The molecule has 0 aliphatic carbocycles. The maximum absolute atomic E-state index is 10.9. The van der Waals surface area contributed by atoms with Crippen LogP contribution in [0.5, 0.6) is 0 Å². The molecular formula is C9H6N2O4. The molecule has 0 amide bonds. The number of non-ortho nitro benzene ring substituents is 1. The number of benzene rings is 1. The Kier molecular flexibility index (Phi) is 1.89. The number of fused-ring (bicyclic) bond motifs is 1. The predicted octanol–water partition coefficient (Wildman–Crippen LogP) is 1.28. The molecule has 0 atom stereocenters. The summed E-state index contributed by atoms with van der Waals surface area (Å²) >= 11 is 0. The molecule has 0 radical (unpaired) electrons. The van der Waals surface area contributed by atoms with Gasteiger partial charge in [0.05, 0.1) is 10.6 Å². The molecule has 0 fully saturated rings. The first-order valence-corrected chi connectivity index (χ1v) is 4.06. The second-order valence-electron chi connectivity index (χ2n) is 2.96. The minimum atomic E-state index is -0.575. The standard InChI is InChI=1S/C9H6N2O4/c10-7-4-9(12)15-8-2-1-5(11(13)14)3-6(7)8/h1-4H,10H2. The van der Waals surface area contributed by atoms with Crippen molar-refractivity contribution in [2.24, 2.45) is 0 Å². The van der Waals surface area contributed by atoms with Crippen LogP contribution < -0.4 is 11.4 Å². The highest BCUT2D eigenvalue weighted by molar-refractivity contribution is 5.89. The quantitative estimate of drug-likeness (QED) is 0.430. The molecule has 2 aromatic rings. The van der Waals surface area contributed by atoms with Crippen molar-refractivity contribution in [3.8, 4) is 0 Å². The second kappa shape index (κ2) is 3.09. The van der Waals surface area contributed by atoms with Gasteiger partial charge in [0.15, 0.2) is 0 Å². The van der Waals surface area contributed by atoms with Gasteiger partial charge in [0, 0.05) is 23.6 Å². The summed E-state index contributed by atoms with van der Waals surface area (Å²) in [5.74, 6) is 0. The third-order valence-corrected chi connectivity index (χ3v) is 1.97. The van der Waals surface area contributed by atoms with Crippen LogP contribution >= 0.6 is 0 Å². The SMILES string of the molecule is Nc1cc(=O)oc2ccc([N+](=O)[O-])cc12.